The zero-order chi connectivity index (χ0) is 18.5. The van der Waals surface area contributed by atoms with E-state index in [-0.39, 0.29) is 23.7 Å². The first-order chi connectivity index (χ1) is 11.7. The van der Waals surface area contributed by atoms with Crippen LogP contribution >= 0.6 is 0 Å². The molecule has 0 aliphatic heterocycles. The molecule has 0 heterocycles. The molecule has 0 radical (unpaired) electrons. The van der Waals surface area contributed by atoms with E-state index >= 15 is 0 Å². The number of sulfonamides is 1. The second-order valence-electron chi connectivity index (χ2n) is 5.98. The molecule has 1 amide bonds. The van der Waals surface area contributed by atoms with Gasteiger partial charge in [0.2, 0.25) is 15.9 Å². The van der Waals surface area contributed by atoms with Gasteiger partial charge in [-0.15, -0.1) is 0 Å². The quantitative estimate of drug-likeness (QED) is 0.582. The van der Waals surface area contributed by atoms with Crippen LogP contribution in [0.4, 0.5) is 5.69 Å². The monoisotopic (exact) mass is 389 g/mol. The molecule has 1 aromatic rings. The van der Waals surface area contributed by atoms with Crippen molar-refractivity contribution in [3.63, 3.8) is 0 Å². The first-order valence-electron chi connectivity index (χ1n) is 8.06. The molecule has 2 rings (SSSR count). The first kappa shape index (κ1) is 19.8. The summed E-state index contributed by atoms with van der Waals surface area (Å²) in [5, 5.41) is 2.00. The van der Waals surface area contributed by atoms with Gasteiger partial charge >= 0.3 is 0 Å². The van der Waals surface area contributed by atoms with E-state index in [9.17, 15) is 21.6 Å². The molecule has 10 heteroatoms. The van der Waals surface area contributed by atoms with Gasteiger partial charge in [-0.05, 0) is 31.0 Å². The summed E-state index contributed by atoms with van der Waals surface area (Å²) < 4.78 is 50.8. The lowest BCUT2D eigenvalue weighted by Crippen LogP contribution is -2.30. The number of hydrogen-bond donors (Lipinski definition) is 3. The molecule has 8 nitrogen and oxygen atoms in total. The van der Waals surface area contributed by atoms with E-state index < -0.39 is 36.8 Å². The van der Waals surface area contributed by atoms with Crippen molar-refractivity contribution in [1.29, 1.82) is 0 Å². The molecular formula is C15H23N3O5S2. The molecule has 25 heavy (non-hydrogen) atoms. The van der Waals surface area contributed by atoms with E-state index in [2.05, 4.69) is 10.0 Å². The highest BCUT2D eigenvalue weighted by Gasteiger charge is 2.30. The fourth-order valence-electron chi connectivity index (χ4n) is 2.76. The Morgan fingerprint density at radius 2 is 1.84 bits per heavy atom. The molecule has 1 fully saturated rings. The Kier molecular flexibility index (Phi) is 6.55. The van der Waals surface area contributed by atoms with Crippen molar-refractivity contribution < 1.29 is 21.6 Å². The zero-order valence-corrected chi connectivity index (χ0v) is 15.4. The van der Waals surface area contributed by atoms with Crippen molar-refractivity contribution in [2.45, 2.75) is 35.8 Å². The van der Waals surface area contributed by atoms with Gasteiger partial charge in [0.1, 0.15) is 5.75 Å². The number of anilines is 1. The lowest BCUT2D eigenvalue weighted by Gasteiger charge is -2.12. The predicted molar refractivity (Wildman–Crippen MR) is 95.4 cm³/mol. The summed E-state index contributed by atoms with van der Waals surface area (Å²) in [6.07, 6.45) is 2.91. The van der Waals surface area contributed by atoms with Crippen LogP contribution in [-0.4, -0.2) is 46.8 Å². The topological polar surface area (TPSA) is 135 Å². The Morgan fingerprint density at radius 1 is 1.16 bits per heavy atom. The molecule has 140 valence electrons. The van der Waals surface area contributed by atoms with Gasteiger partial charge in [-0.3, -0.25) is 4.79 Å². The molecule has 1 aromatic carbocycles. The number of benzene rings is 1. The molecular weight excluding hydrogens is 366 g/mol. The molecule has 4 N–H and O–H groups in total. The van der Waals surface area contributed by atoms with E-state index in [4.69, 9.17) is 5.73 Å². The zero-order valence-electron chi connectivity index (χ0n) is 13.8. The normalized spacial score (nSPS) is 16.0. The number of nitrogens with one attached hydrogen (secondary N) is 2. The summed E-state index contributed by atoms with van der Waals surface area (Å²) in [4.78, 5) is 12.0. The first-order valence-corrected chi connectivity index (χ1v) is 11.3. The van der Waals surface area contributed by atoms with E-state index in [0.717, 1.165) is 12.8 Å². The summed E-state index contributed by atoms with van der Waals surface area (Å²) in [7, 11) is -7.21. The van der Waals surface area contributed by atoms with Gasteiger partial charge in [-0.1, -0.05) is 18.9 Å². The number of nitrogens with two attached hydrogens (primary N) is 1. The van der Waals surface area contributed by atoms with Gasteiger partial charge in [0.15, 0.2) is 9.84 Å². The van der Waals surface area contributed by atoms with Crippen LogP contribution in [0.3, 0.4) is 0 Å². The van der Waals surface area contributed by atoms with Crippen molar-refractivity contribution >= 4 is 31.5 Å². The van der Waals surface area contributed by atoms with Gasteiger partial charge in [0.05, 0.1) is 10.1 Å². The standard InChI is InChI=1S/C15H23N3O5S2/c16-8-9-17-25(22,23)14-7-3-4-12(10-14)18-15(19)11-24(20,21)13-5-1-2-6-13/h3-4,7,10,13,17H,1-2,5-6,8-9,11,16H2,(H,18,19). The van der Waals surface area contributed by atoms with E-state index in [1.165, 1.54) is 24.3 Å². The molecule has 0 saturated heterocycles. The van der Waals surface area contributed by atoms with Gasteiger partial charge in [0.25, 0.3) is 0 Å². The third kappa shape index (κ3) is 5.50. The third-order valence-corrected chi connectivity index (χ3v) is 7.62. The Balaban J connectivity index is 2.05. The van der Waals surface area contributed by atoms with Crippen molar-refractivity contribution in [2.24, 2.45) is 5.73 Å². The Labute approximate surface area is 148 Å². The molecule has 0 bridgehead atoms. The van der Waals surface area contributed by atoms with Crippen molar-refractivity contribution in [2.75, 3.05) is 24.2 Å². The van der Waals surface area contributed by atoms with Crippen LogP contribution in [0.5, 0.6) is 0 Å². The van der Waals surface area contributed by atoms with Crippen LogP contribution < -0.4 is 15.8 Å². The summed E-state index contributed by atoms with van der Waals surface area (Å²) in [5.41, 5.74) is 5.50. The summed E-state index contributed by atoms with van der Waals surface area (Å²) >= 11 is 0. The predicted octanol–water partition coefficient (Wildman–Crippen LogP) is 0.220. The molecule has 1 aliphatic carbocycles. The van der Waals surface area contributed by atoms with Crippen molar-refractivity contribution in [3.8, 4) is 0 Å². The maximum atomic E-state index is 12.2. The summed E-state index contributed by atoms with van der Waals surface area (Å²) in [5.74, 6) is -1.27. The Hall–Kier alpha value is -1.49. The largest absolute Gasteiger partial charge is 0.329 e. The Bertz CT molecular complexity index is 815. The lowest BCUT2D eigenvalue weighted by molar-refractivity contribution is -0.113. The van der Waals surface area contributed by atoms with Crippen LogP contribution in [0.2, 0.25) is 0 Å². The smallest absolute Gasteiger partial charge is 0.240 e. The lowest BCUT2D eigenvalue weighted by atomic mass is 10.3. The van der Waals surface area contributed by atoms with Crippen molar-refractivity contribution in [3.05, 3.63) is 24.3 Å². The Morgan fingerprint density at radius 3 is 2.48 bits per heavy atom. The molecule has 0 aromatic heterocycles. The fourth-order valence-corrected chi connectivity index (χ4v) is 5.58. The fraction of sp³-hybridized carbons (Fsp3) is 0.533. The minimum absolute atomic E-state index is 0.0302. The second-order valence-corrected chi connectivity index (χ2v) is 10.0. The van der Waals surface area contributed by atoms with Gasteiger partial charge in [0, 0.05) is 18.8 Å². The number of carbonyl (C=O) groups is 1. The van der Waals surface area contributed by atoms with Crippen molar-refractivity contribution in [1.82, 2.24) is 4.72 Å². The number of sulfone groups is 1. The second kappa shape index (κ2) is 8.26. The van der Waals surface area contributed by atoms with Crippen LogP contribution in [-0.2, 0) is 24.7 Å². The minimum Gasteiger partial charge on any atom is -0.329 e. The highest BCUT2D eigenvalue weighted by atomic mass is 32.2. The van der Waals surface area contributed by atoms with Crippen LogP contribution in [0, 0.1) is 0 Å². The SMILES string of the molecule is NCCNS(=O)(=O)c1cccc(NC(=O)CS(=O)(=O)C2CCCC2)c1. The van der Waals surface area contributed by atoms with Crippen LogP contribution in [0.1, 0.15) is 25.7 Å². The average molecular weight is 389 g/mol. The van der Waals surface area contributed by atoms with E-state index in [0.29, 0.717) is 12.8 Å². The number of rotatable bonds is 8. The van der Waals surface area contributed by atoms with E-state index in [1.807, 2.05) is 0 Å². The van der Waals surface area contributed by atoms with Crippen LogP contribution in [0.15, 0.2) is 29.2 Å². The van der Waals surface area contributed by atoms with Gasteiger partial charge < -0.3 is 11.1 Å². The molecule has 0 unspecified atom stereocenters. The highest BCUT2D eigenvalue weighted by Crippen LogP contribution is 2.25. The van der Waals surface area contributed by atoms with E-state index in [1.54, 1.807) is 0 Å². The summed E-state index contributed by atoms with van der Waals surface area (Å²) in [6.45, 7) is 0.257. The molecule has 1 saturated carbocycles. The number of hydrogen-bond acceptors (Lipinski definition) is 6. The number of carbonyl (C=O) groups excluding carboxylic acids is 1. The average Bonchev–Trinajstić information content (AvgIpc) is 3.08. The maximum Gasteiger partial charge on any atom is 0.240 e. The summed E-state index contributed by atoms with van der Waals surface area (Å²) in [6, 6.07) is 5.63. The number of amides is 1. The third-order valence-electron chi connectivity index (χ3n) is 4.01. The van der Waals surface area contributed by atoms with Gasteiger partial charge in [-0.2, -0.15) is 0 Å². The molecule has 1 aliphatic rings. The maximum absolute atomic E-state index is 12.2. The van der Waals surface area contributed by atoms with Gasteiger partial charge in [-0.25, -0.2) is 21.6 Å². The molecule has 0 atom stereocenters. The minimum atomic E-state index is -3.73. The highest BCUT2D eigenvalue weighted by molar-refractivity contribution is 7.92. The van der Waals surface area contributed by atoms with Crippen LogP contribution in [0.25, 0.3) is 0 Å². The molecule has 0 spiro atoms.